The van der Waals surface area contributed by atoms with E-state index < -0.39 is 0 Å². The van der Waals surface area contributed by atoms with Crippen LogP contribution in [-0.4, -0.2) is 7.05 Å². The number of hydrogen-bond donors (Lipinski definition) is 1. The number of halogens is 2. The molecular weight excluding hydrogens is 265 g/mol. The van der Waals surface area contributed by atoms with E-state index in [0.717, 1.165) is 5.56 Å². The van der Waals surface area contributed by atoms with Crippen molar-refractivity contribution in [1.29, 1.82) is 0 Å². The molecule has 0 saturated carbocycles. The van der Waals surface area contributed by atoms with Gasteiger partial charge in [0, 0.05) is 0 Å². The van der Waals surface area contributed by atoms with E-state index in [4.69, 9.17) is 23.2 Å². The number of aryl methyl sites for hydroxylation is 1. The first-order valence-corrected chi connectivity index (χ1v) is 6.57. The maximum atomic E-state index is 6.28. The molecule has 1 N–H and O–H groups in total. The van der Waals surface area contributed by atoms with Crippen molar-refractivity contribution < 1.29 is 0 Å². The van der Waals surface area contributed by atoms with Gasteiger partial charge >= 0.3 is 0 Å². The third-order valence-corrected chi connectivity index (χ3v) is 3.83. The van der Waals surface area contributed by atoms with Gasteiger partial charge < -0.3 is 5.32 Å². The van der Waals surface area contributed by atoms with Gasteiger partial charge in [0.15, 0.2) is 0 Å². The van der Waals surface area contributed by atoms with Crippen LogP contribution in [0.25, 0.3) is 0 Å². The SMILES string of the molecule is CNC(c1ccc(C)cc1)c1cccc(Cl)c1Cl. The second-order valence-corrected chi connectivity index (χ2v) is 5.06. The van der Waals surface area contributed by atoms with Gasteiger partial charge in [-0.25, -0.2) is 0 Å². The zero-order valence-electron chi connectivity index (χ0n) is 10.4. The summed E-state index contributed by atoms with van der Waals surface area (Å²) in [5.41, 5.74) is 3.41. The summed E-state index contributed by atoms with van der Waals surface area (Å²) in [6.07, 6.45) is 0. The summed E-state index contributed by atoms with van der Waals surface area (Å²) >= 11 is 12.3. The molecule has 0 aliphatic carbocycles. The lowest BCUT2D eigenvalue weighted by Gasteiger charge is -2.19. The normalized spacial score (nSPS) is 12.4. The lowest BCUT2D eigenvalue weighted by atomic mass is 9.98. The molecule has 2 aromatic carbocycles. The van der Waals surface area contributed by atoms with Gasteiger partial charge in [0.2, 0.25) is 0 Å². The quantitative estimate of drug-likeness (QED) is 0.865. The fourth-order valence-electron chi connectivity index (χ4n) is 2.00. The smallest absolute Gasteiger partial charge is 0.0643 e. The Kier molecular flexibility index (Phi) is 4.28. The van der Waals surface area contributed by atoms with Crippen LogP contribution in [-0.2, 0) is 0 Å². The molecule has 3 heteroatoms. The molecule has 2 rings (SSSR count). The molecule has 18 heavy (non-hydrogen) atoms. The monoisotopic (exact) mass is 279 g/mol. The standard InChI is InChI=1S/C15H15Cl2N/c1-10-6-8-11(9-7-10)15(18-2)12-4-3-5-13(16)14(12)17/h3-9,15,18H,1-2H3. The average molecular weight is 280 g/mol. The predicted octanol–water partition coefficient (Wildman–Crippen LogP) is 4.61. The van der Waals surface area contributed by atoms with Crippen LogP contribution in [0.1, 0.15) is 22.7 Å². The number of hydrogen-bond acceptors (Lipinski definition) is 1. The lowest BCUT2D eigenvalue weighted by Crippen LogP contribution is -2.18. The first-order valence-electron chi connectivity index (χ1n) is 5.81. The lowest BCUT2D eigenvalue weighted by molar-refractivity contribution is 0.692. The minimum Gasteiger partial charge on any atom is -0.309 e. The molecule has 94 valence electrons. The summed E-state index contributed by atoms with van der Waals surface area (Å²) in [6.45, 7) is 2.07. The maximum Gasteiger partial charge on any atom is 0.0643 e. The Morgan fingerprint density at radius 3 is 2.28 bits per heavy atom. The molecule has 1 unspecified atom stereocenters. The van der Waals surface area contributed by atoms with Crippen LogP contribution in [0.3, 0.4) is 0 Å². The average Bonchev–Trinajstić information content (AvgIpc) is 2.37. The third kappa shape index (κ3) is 2.69. The van der Waals surface area contributed by atoms with Crippen LogP contribution >= 0.6 is 23.2 Å². The minimum atomic E-state index is 0.0526. The Balaban J connectivity index is 2.45. The third-order valence-electron chi connectivity index (χ3n) is 2.99. The second kappa shape index (κ2) is 5.75. The maximum absolute atomic E-state index is 6.28. The van der Waals surface area contributed by atoms with Gasteiger partial charge in [0.05, 0.1) is 16.1 Å². The molecule has 0 aliphatic heterocycles. The van der Waals surface area contributed by atoms with Crippen molar-refractivity contribution in [2.24, 2.45) is 0 Å². The van der Waals surface area contributed by atoms with Gasteiger partial charge in [0.1, 0.15) is 0 Å². The Morgan fingerprint density at radius 1 is 1.00 bits per heavy atom. The van der Waals surface area contributed by atoms with Gasteiger partial charge in [-0.05, 0) is 31.2 Å². The van der Waals surface area contributed by atoms with E-state index >= 15 is 0 Å². The molecule has 0 saturated heterocycles. The second-order valence-electron chi connectivity index (χ2n) is 4.28. The number of rotatable bonds is 3. The highest BCUT2D eigenvalue weighted by molar-refractivity contribution is 6.42. The van der Waals surface area contributed by atoms with Gasteiger partial charge in [-0.3, -0.25) is 0 Å². The van der Waals surface area contributed by atoms with Gasteiger partial charge in [0.25, 0.3) is 0 Å². The van der Waals surface area contributed by atoms with Crippen LogP contribution in [0.15, 0.2) is 42.5 Å². The highest BCUT2D eigenvalue weighted by Crippen LogP contribution is 2.32. The van der Waals surface area contributed by atoms with E-state index in [-0.39, 0.29) is 6.04 Å². The molecule has 0 aromatic heterocycles. The van der Waals surface area contributed by atoms with Gasteiger partial charge in [-0.15, -0.1) is 0 Å². The Hall–Kier alpha value is -1.02. The largest absolute Gasteiger partial charge is 0.309 e. The molecule has 1 nitrogen and oxygen atoms in total. The first-order chi connectivity index (χ1) is 8.63. The molecule has 0 fully saturated rings. The molecular formula is C15H15Cl2N. The topological polar surface area (TPSA) is 12.0 Å². The first kappa shape index (κ1) is 13.4. The fourth-order valence-corrected chi connectivity index (χ4v) is 2.42. The Bertz CT molecular complexity index is 535. The zero-order chi connectivity index (χ0) is 13.1. The molecule has 0 radical (unpaired) electrons. The van der Waals surface area contributed by atoms with E-state index in [1.54, 1.807) is 6.07 Å². The van der Waals surface area contributed by atoms with Crippen molar-refractivity contribution in [3.05, 3.63) is 69.2 Å². The summed E-state index contributed by atoms with van der Waals surface area (Å²) in [5.74, 6) is 0. The van der Waals surface area contributed by atoms with Crippen LogP contribution in [0.5, 0.6) is 0 Å². The van der Waals surface area contributed by atoms with Crippen molar-refractivity contribution >= 4 is 23.2 Å². The molecule has 0 aliphatic rings. The predicted molar refractivity (Wildman–Crippen MR) is 78.5 cm³/mol. The van der Waals surface area contributed by atoms with E-state index in [0.29, 0.717) is 10.0 Å². The molecule has 0 spiro atoms. The Labute approximate surface area is 118 Å². The minimum absolute atomic E-state index is 0.0526. The van der Waals surface area contributed by atoms with Crippen molar-refractivity contribution in [2.75, 3.05) is 7.05 Å². The summed E-state index contributed by atoms with van der Waals surface area (Å²) in [5, 5.41) is 4.47. The highest BCUT2D eigenvalue weighted by Gasteiger charge is 2.16. The van der Waals surface area contributed by atoms with Crippen LogP contribution in [0, 0.1) is 6.92 Å². The fraction of sp³-hybridized carbons (Fsp3) is 0.200. The molecule has 0 amide bonds. The van der Waals surface area contributed by atoms with Crippen molar-refractivity contribution in [1.82, 2.24) is 5.32 Å². The van der Waals surface area contributed by atoms with Crippen LogP contribution in [0.2, 0.25) is 10.0 Å². The summed E-state index contributed by atoms with van der Waals surface area (Å²) in [6, 6.07) is 14.2. The van der Waals surface area contributed by atoms with Crippen molar-refractivity contribution in [3.8, 4) is 0 Å². The summed E-state index contributed by atoms with van der Waals surface area (Å²) < 4.78 is 0. The Morgan fingerprint density at radius 2 is 1.67 bits per heavy atom. The highest BCUT2D eigenvalue weighted by atomic mass is 35.5. The van der Waals surface area contributed by atoms with E-state index in [9.17, 15) is 0 Å². The zero-order valence-corrected chi connectivity index (χ0v) is 11.9. The van der Waals surface area contributed by atoms with E-state index in [2.05, 4.69) is 36.5 Å². The molecule has 0 heterocycles. The van der Waals surface area contributed by atoms with Crippen LogP contribution < -0.4 is 5.32 Å². The van der Waals surface area contributed by atoms with Crippen molar-refractivity contribution in [2.45, 2.75) is 13.0 Å². The summed E-state index contributed by atoms with van der Waals surface area (Å²) in [7, 11) is 1.92. The summed E-state index contributed by atoms with van der Waals surface area (Å²) in [4.78, 5) is 0. The molecule has 1 atom stereocenters. The van der Waals surface area contributed by atoms with Crippen LogP contribution in [0.4, 0.5) is 0 Å². The number of benzene rings is 2. The van der Waals surface area contributed by atoms with E-state index in [1.165, 1.54) is 11.1 Å². The molecule has 2 aromatic rings. The van der Waals surface area contributed by atoms with Crippen molar-refractivity contribution in [3.63, 3.8) is 0 Å². The molecule has 0 bridgehead atoms. The van der Waals surface area contributed by atoms with Gasteiger partial charge in [-0.1, -0.05) is 65.2 Å². The number of nitrogens with one attached hydrogen (secondary N) is 1. The van der Waals surface area contributed by atoms with E-state index in [1.807, 2.05) is 19.2 Å². The van der Waals surface area contributed by atoms with Gasteiger partial charge in [-0.2, -0.15) is 0 Å².